The maximum Gasteiger partial charge on any atom is 0.401 e. The van der Waals surface area contributed by atoms with E-state index in [0.29, 0.717) is 0 Å². The second kappa shape index (κ2) is 2.16. The van der Waals surface area contributed by atoms with Gasteiger partial charge in [0.15, 0.2) is 0 Å². The number of carbonyl (C=O) groups is 1. The number of quaternary nitrogens is 1. The molecule has 0 spiro atoms. The maximum absolute atomic E-state index is 10.9. The standard InChI is InChI=1S/C5H5ClN2O2/c1-8(10)5(9)2-4(6)3-7-8/h2-3H,1H3/q+1. The SMILES string of the molecule is C[N+]1([O])N=CC(Cl)=CC1=O. The second-order valence-electron chi connectivity index (χ2n) is 1.99. The number of hydrogen-bond acceptors (Lipinski definition) is 2. The van der Waals surface area contributed by atoms with Gasteiger partial charge in [0.25, 0.3) is 0 Å². The molecule has 1 amide bonds. The van der Waals surface area contributed by atoms with Gasteiger partial charge in [-0.2, -0.15) is 0 Å². The van der Waals surface area contributed by atoms with Gasteiger partial charge in [-0.15, -0.1) is 0 Å². The van der Waals surface area contributed by atoms with Crippen molar-refractivity contribution in [1.82, 2.24) is 0 Å². The van der Waals surface area contributed by atoms with Crippen molar-refractivity contribution in [2.24, 2.45) is 5.10 Å². The lowest BCUT2D eigenvalue weighted by Crippen LogP contribution is -2.40. The number of allylic oxidation sites excluding steroid dienone is 1. The molecular weight excluding hydrogens is 156 g/mol. The quantitative estimate of drug-likeness (QED) is 0.474. The first-order valence-corrected chi connectivity index (χ1v) is 2.95. The Morgan fingerprint density at radius 3 is 2.70 bits per heavy atom. The normalized spacial score (nSPS) is 32.3. The number of hydrogen-bond donors (Lipinski definition) is 0. The molecule has 1 unspecified atom stereocenters. The molecule has 10 heavy (non-hydrogen) atoms. The van der Waals surface area contributed by atoms with Crippen molar-refractivity contribution >= 4 is 23.7 Å². The van der Waals surface area contributed by atoms with E-state index in [2.05, 4.69) is 5.10 Å². The smallest absolute Gasteiger partial charge is 0.220 e. The Morgan fingerprint density at radius 1 is 1.70 bits per heavy atom. The van der Waals surface area contributed by atoms with Gasteiger partial charge in [0.05, 0.1) is 16.3 Å². The van der Waals surface area contributed by atoms with E-state index in [0.717, 1.165) is 19.3 Å². The molecule has 1 rings (SSSR count). The highest BCUT2D eigenvalue weighted by atomic mass is 35.5. The van der Waals surface area contributed by atoms with Crippen molar-refractivity contribution in [2.75, 3.05) is 7.05 Å². The summed E-state index contributed by atoms with van der Waals surface area (Å²) in [4.78, 5) is 10.7. The molecule has 4 nitrogen and oxygen atoms in total. The molecule has 0 bridgehead atoms. The first kappa shape index (κ1) is 7.40. The minimum absolute atomic E-state index is 0.191. The largest absolute Gasteiger partial charge is 0.401 e. The lowest BCUT2D eigenvalue weighted by molar-refractivity contribution is -1.06. The highest BCUT2D eigenvalue weighted by molar-refractivity contribution is 6.40. The third kappa shape index (κ3) is 1.23. The molecule has 0 fully saturated rings. The number of rotatable bonds is 0. The van der Waals surface area contributed by atoms with Crippen LogP contribution in [0, 0.1) is 0 Å². The molecule has 0 aromatic heterocycles. The van der Waals surface area contributed by atoms with Crippen LogP contribution in [-0.4, -0.2) is 23.9 Å². The molecule has 0 aromatic rings. The van der Waals surface area contributed by atoms with Gasteiger partial charge in [0.2, 0.25) is 0 Å². The lowest BCUT2D eigenvalue weighted by Gasteiger charge is -2.11. The zero-order valence-corrected chi connectivity index (χ0v) is 6.00. The molecule has 0 saturated heterocycles. The molecule has 1 aliphatic heterocycles. The average molecular weight is 161 g/mol. The number of nitrogens with zero attached hydrogens (tertiary/aromatic N) is 2. The van der Waals surface area contributed by atoms with Crippen molar-refractivity contribution in [3.05, 3.63) is 11.1 Å². The van der Waals surface area contributed by atoms with Crippen LogP contribution in [-0.2, 0) is 10.0 Å². The van der Waals surface area contributed by atoms with Gasteiger partial charge in [-0.05, 0) is 5.10 Å². The first-order valence-electron chi connectivity index (χ1n) is 2.57. The number of amides is 1. The predicted molar refractivity (Wildman–Crippen MR) is 34.3 cm³/mol. The summed E-state index contributed by atoms with van der Waals surface area (Å²) in [7, 11) is 1.14. The molecule has 0 saturated carbocycles. The van der Waals surface area contributed by atoms with Gasteiger partial charge in [0.1, 0.15) is 13.3 Å². The Balaban J connectivity index is 2.96. The third-order valence-corrected chi connectivity index (χ3v) is 1.28. The van der Waals surface area contributed by atoms with Crippen LogP contribution in [0.5, 0.6) is 0 Å². The summed E-state index contributed by atoms with van der Waals surface area (Å²) >= 11 is 5.38. The van der Waals surface area contributed by atoms with Crippen LogP contribution in [0.4, 0.5) is 0 Å². The van der Waals surface area contributed by atoms with Crippen molar-refractivity contribution in [3.63, 3.8) is 0 Å². The summed E-state index contributed by atoms with van der Waals surface area (Å²) in [5.41, 5.74) is 0. The van der Waals surface area contributed by atoms with Gasteiger partial charge in [-0.1, -0.05) is 11.6 Å². The van der Waals surface area contributed by atoms with Crippen LogP contribution in [0.3, 0.4) is 0 Å². The molecule has 0 aromatic carbocycles. The summed E-state index contributed by atoms with van der Waals surface area (Å²) in [6.45, 7) is 0. The molecule has 1 aliphatic rings. The Kier molecular flexibility index (Phi) is 1.60. The van der Waals surface area contributed by atoms with E-state index in [1.807, 2.05) is 0 Å². The fourth-order valence-corrected chi connectivity index (χ4v) is 0.634. The number of carbonyl (C=O) groups excluding carboxylic acids is 1. The molecule has 1 heterocycles. The van der Waals surface area contributed by atoms with Crippen LogP contribution >= 0.6 is 11.6 Å². The van der Waals surface area contributed by atoms with Crippen molar-refractivity contribution < 1.29 is 14.8 Å². The summed E-state index contributed by atoms with van der Waals surface area (Å²) in [5.74, 6) is -0.660. The molecule has 0 aliphatic carbocycles. The van der Waals surface area contributed by atoms with Gasteiger partial charge < -0.3 is 0 Å². The maximum atomic E-state index is 10.9. The Labute approximate surface area is 62.6 Å². The highest BCUT2D eigenvalue weighted by Crippen LogP contribution is 2.11. The molecule has 1 radical (unpaired) electrons. The minimum Gasteiger partial charge on any atom is -0.220 e. The fourth-order valence-electron chi connectivity index (χ4n) is 0.497. The van der Waals surface area contributed by atoms with E-state index in [-0.39, 0.29) is 5.03 Å². The summed E-state index contributed by atoms with van der Waals surface area (Å²) in [5, 5.41) is 14.4. The van der Waals surface area contributed by atoms with E-state index in [1.54, 1.807) is 0 Å². The van der Waals surface area contributed by atoms with Gasteiger partial charge >= 0.3 is 5.91 Å². The highest BCUT2D eigenvalue weighted by Gasteiger charge is 2.33. The van der Waals surface area contributed by atoms with Crippen molar-refractivity contribution in [1.29, 1.82) is 0 Å². The van der Waals surface area contributed by atoms with E-state index >= 15 is 0 Å². The van der Waals surface area contributed by atoms with E-state index < -0.39 is 10.7 Å². The van der Waals surface area contributed by atoms with E-state index in [9.17, 15) is 10.0 Å². The minimum atomic E-state index is -1.25. The van der Waals surface area contributed by atoms with Crippen LogP contribution in [0.1, 0.15) is 0 Å². The summed E-state index contributed by atoms with van der Waals surface area (Å²) < 4.78 is -1.25. The molecular formula is C5H5ClN2O2+. The summed E-state index contributed by atoms with van der Waals surface area (Å²) in [6, 6.07) is 0. The lowest BCUT2D eigenvalue weighted by atomic mass is 10.4. The van der Waals surface area contributed by atoms with Gasteiger partial charge in [0, 0.05) is 4.76 Å². The molecule has 0 N–H and O–H groups in total. The van der Waals surface area contributed by atoms with Crippen LogP contribution in [0.25, 0.3) is 0 Å². The fraction of sp³-hybridized carbons (Fsp3) is 0.200. The van der Waals surface area contributed by atoms with Gasteiger partial charge in [-0.25, -0.2) is 4.79 Å². The Hall–Kier alpha value is -0.710. The molecule has 1 atom stereocenters. The third-order valence-electron chi connectivity index (χ3n) is 1.07. The van der Waals surface area contributed by atoms with E-state index in [1.165, 1.54) is 0 Å². The van der Waals surface area contributed by atoms with Crippen LogP contribution < -0.4 is 0 Å². The Morgan fingerprint density at radius 2 is 2.30 bits per heavy atom. The number of hydroxylamine groups is 2. The topological polar surface area (TPSA) is 49.3 Å². The number of likely N-dealkylation sites (N-methyl/N-ethyl adjacent to an activating group) is 1. The van der Waals surface area contributed by atoms with Crippen LogP contribution in [0.2, 0.25) is 0 Å². The van der Waals surface area contributed by atoms with E-state index in [4.69, 9.17) is 11.6 Å². The summed E-state index contributed by atoms with van der Waals surface area (Å²) in [6.07, 6.45) is 2.22. The predicted octanol–water partition coefficient (Wildman–Crippen LogP) is 0.427. The van der Waals surface area contributed by atoms with Crippen molar-refractivity contribution in [2.45, 2.75) is 0 Å². The molecule has 53 valence electrons. The average Bonchev–Trinajstić information content (AvgIpc) is 1.81. The monoisotopic (exact) mass is 160 g/mol. The van der Waals surface area contributed by atoms with Crippen molar-refractivity contribution in [3.8, 4) is 0 Å². The zero-order chi connectivity index (χ0) is 7.78. The zero-order valence-electron chi connectivity index (χ0n) is 5.24. The van der Waals surface area contributed by atoms with Crippen LogP contribution in [0.15, 0.2) is 16.2 Å². The Bertz CT molecular complexity index is 232. The van der Waals surface area contributed by atoms with Gasteiger partial charge in [-0.3, -0.25) is 0 Å². The first-order chi connectivity index (χ1) is 4.52. The second-order valence-corrected chi connectivity index (χ2v) is 2.43. The molecule has 5 heteroatoms. The number of halogens is 1.